The van der Waals surface area contributed by atoms with Gasteiger partial charge in [0.1, 0.15) is 0 Å². The highest BCUT2D eigenvalue weighted by molar-refractivity contribution is 7.89. The van der Waals surface area contributed by atoms with Gasteiger partial charge in [-0.2, -0.15) is 4.31 Å². The summed E-state index contributed by atoms with van der Waals surface area (Å²) in [5, 5.41) is 0.740. The van der Waals surface area contributed by atoms with Crippen LogP contribution < -0.4 is 0 Å². The molecular formula is C18H19ClN2O2S. The van der Waals surface area contributed by atoms with Crippen molar-refractivity contribution in [3.8, 4) is 0 Å². The summed E-state index contributed by atoms with van der Waals surface area (Å²) >= 11 is 6.05. The molecule has 2 heterocycles. The standard InChI is InChI=1S/C18H19ClN2O2S/c19-16-6-4-5-14(9-16)10-20-11-15-12-21(13-18(15)20)24(22,23)17-7-2-1-3-8-17/h1-9,15,18H,10-13H2/t15-,18-/m0/s1. The minimum atomic E-state index is -3.38. The van der Waals surface area contributed by atoms with Crippen LogP contribution in [0.25, 0.3) is 0 Å². The smallest absolute Gasteiger partial charge is 0.243 e. The molecule has 0 saturated carbocycles. The maximum atomic E-state index is 12.8. The average Bonchev–Trinajstić information content (AvgIpc) is 2.91. The third kappa shape index (κ3) is 2.86. The Morgan fingerprint density at radius 2 is 1.79 bits per heavy atom. The van der Waals surface area contributed by atoms with E-state index in [1.807, 2.05) is 24.3 Å². The first kappa shape index (κ1) is 16.1. The van der Waals surface area contributed by atoms with E-state index in [1.54, 1.807) is 28.6 Å². The Kier molecular flexibility index (Phi) is 4.12. The van der Waals surface area contributed by atoms with Crippen molar-refractivity contribution in [1.82, 2.24) is 9.21 Å². The highest BCUT2D eigenvalue weighted by Gasteiger charge is 2.48. The van der Waals surface area contributed by atoms with Gasteiger partial charge in [0.2, 0.25) is 10.0 Å². The molecule has 0 aromatic heterocycles. The number of likely N-dealkylation sites (tertiary alicyclic amines) is 1. The second-order valence-corrected chi connectivity index (χ2v) is 8.90. The number of benzene rings is 2. The lowest BCUT2D eigenvalue weighted by atomic mass is 9.91. The van der Waals surface area contributed by atoms with Gasteiger partial charge in [0.15, 0.2) is 0 Å². The number of fused-ring (bicyclic) bond motifs is 1. The van der Waals surface area contributed by atoms with E-state index >= 15 is 0 Å². The number of hydrogen-bond acceptors (Lipinski definition) is 3. The van der Waals surface area contributed by atoms with Gasteiger partial charge in [-0.1, -0.05) is 41.9 Å². The minimum absolute atomic E-state index is 0.308. The molecule has 6 heteroatoms. The van der Waals surface area contributed by atoms with E-state index < -0.39 is 10.0 Å². The van der Waals surface area contributed by atoms with E-state index in [1.165, 1.54) is 5.56 Å². The number of nitrogens with zero attached hydrogens (tertiary/aromatic N) is 2. The average molecular weight is 363 g/mol. The first-order chi connectivity index (χ1) is 11.5. The van der Waals surface area contributed by atoms with Crippen molar-refractivity contribution in [1.29, 1.82) is 0 Å². The first-order valence-corrected chi connectivity index (χ1v) is 9.89. The number of rotatable bonds is 4. The topological polar surface area (TPSA) is 40.6 Å². The lowest BCUT2D eigenvalue weighted by Gasteiger charge is -2.43. The summed E-state index contributed by atoms with van der Waals surface area (Å²) in [6.07, 6.45) is 0. The predicted molar refractivity (Wildman–Crippen MR) is 94.3 cm³/mol. The lowest BCUT2D eigenvalue weighted by molar-refractivity contribution is 0.0435. The monoisotopic (exact) mass is 362 g/mol. The van der Waals surface area contributed by atoms with Gasteiger partial charge in [0, 0.05) is 43.2 Å². The molecular weight excluding hydrogens is 344 g/mol. The molecule has 0 radical (unpaired) electrons. The molecule has 2 aromatic rings. The van der Waals surface area contributed by atoms with Gasteiger partial charge in [0.25, 0.3) is 0 Å². The van der Waals surface area contributed by atoms with Gasteiger partial charge in [-0.3, -0.25) is 4.90 Å². The summed E-state index contributed by atoms with van der Waals surface area (Å²) in [5.41, 5.74) is 1.17. The zero-order chi connectivity index (χ0) is 16.7. The normalized spacial score (nSPS) is 24.5. The second kappa shape index (κ2) is 6.15. The maximum Gasteiger partial charge on any atom is 0.243 e. The quantitative estimate of drug-likeness (QED) is 0.839. The Balaban J connectivity index is 1.46. The molecule has 4 nitrogen and oxygen atoms in total. The van der Waals surface area contributed by atoms with Crippen molar-refractivity contribution in [3.05, 3.63) is 65.2 Å². The van der Waals surface area contributed by atoms with Gasteiger partial charge in [-0.25, -0.2) is 8.42 Å². The lowest BCUT2D eigenvalue weighted by Crippen LogP contribution is -2.54. The van der Waals surface area contributed by atoms with Crippen LogP contribution in [-0.2, 0) is 16.6 Å². The molecule has 0 N–H and O–H groups in total. The molecule has 2 aliphatic rings. The molecule has 2 saturated heterocycles. The summed E-state index contributed by atoms with van der Waals surface area (Å²) < 4.78 is 27.1. The number of sulfonamides is 1. The van der Waals surface area contributed by atoms with E-state index in [-0.39, 0.29) is 0 Å². The fourth-order valence-corrected chi connectivity index (χ4v) is 5.45. The summed E-state index contributed by atoms with van der Waals surface area (Å²) in [7, 11) is -3.38. The first-order valence-electron chi connectivity index (χ1n) is 8.08. The van der Waals surface area contributed by atoms with Crippen LogP contribution in [0.2, 0.25) is 5.02 Å². The van der Waals surface area contributed by atoms with Crippen LogP contribution in [0.15, 0.2) is 59.5 Å². The fourth-order valence-electron chi connectivity index (χ4n) is 3.70. The van der Waals surface area contributed by atoms with E-state index in [2.05, 4.69) is 11.0 Å². The minimum Gasteiger partial charge on any atom is -0.294 e. The van der Waals surface area contributed by atoms with Gasteiger partial charge < -0.3 is 0 Å². The molecule has 0 aliphatic carbocycles. The van der Waals surface area contributed by atoms with Crippen molar-refractivity contribution in [2.75, 3.05) is 19.6 Å². The molecule has 2 fully saturated rings. The zero-order valence-electron chi connectivity index (χ0n) is 13.2. The molecule has 4 rings (SSSR count). The number of hydrogen-bond donors (Lipinski definition) is 0. The molecule has 0 unspecified atom stereocenters. The molecule has 0 amide bonds. The van der Waals surface area contributed by atoms with Crippen LogP contribution in [0.3, 0.4) is 0 Å². The van der Waals surface area contributed by atoms with Crippen molar-refractivity contribution >= 4 is 21.6 Å². The Morgan fingerprint density at radius 1 is 1.00 bits per heavy atom. The van der Waals surface area contributed by atoms with Crippen molar-refractivity contribution < 1.29 is 8.42 Å². The SMILES string of the molecule is O=S(=O)(c1ccccc1)N1C[C@@H]2CN(Cc3cccc(Cl)c3)[C@H]2C1. The maximum absolute atomic E-state index is 12.8. The van der Waals surface area contributed by atoms with Crippen molar-refractivity contribution in [3.63, 3.8) is 0 Å². The van der Waals surface area contributed by atoms with Crippen LogP contribution in [-0.4, -0.2) is 43.3 Å². The van der Waals surface area contributed by atoms with E-state index in [9.17, 15) is 8.42 Å². The van der Waals surface area contributed by atoms with Gasteiger partial charge in [-0.15, -0.1) is 0 Å². The summed E-state index contributed by atoms with van der Waals surface area (Å²) in [6, 6.07) is 16.9. The molecule has 2 atom stereocenters. The van der Waals surface area contributed by atoms with Crippen LogP contribution >= 0.6 is 11.6 Å². The Labute approximate surface area is 147 Å². The molecule has 0 spiro atoms. The van der Waals surface area contributed by atoms with Crippen molar-refractivity contribution in [2.45, 2.75) is 17.5 Å². The van der Waals surface area contributed by atoms with E-state index in [4.69, 9.17) is 11.6 Å². The summed E-state index contributed by atoms with van der Waals surface area (Å²) in [6.45, 7) is 2.95. The molecule has 24 heavy (non-hydrogen) atoms. The molecule has 2 aliphatic heterocycles. The highest BCUT2D eigenvalue weighted by Crippen LogP contribution is 2.36. The zero-order valence-corrected chi connectivity index (χ0v) is 14.7. The van der Waals surface area contributed by atoms with Crippen LogP contribution in [0, 0.1) is 5.92 Å². The summed E-state index contributed by atoms with van der Waals surface area (Å²) in [5.74, 6) is 0.433. The largest absolute Gasteiger partial charge is 0.294 e. The van der Waals surface area contributed by atoms with Crippen molar-refractivity contribution in [2.24, 2.45) is 5.92 Å². The van der Waals surface area contributed by atoms with Crippen LogP contribution in [0.1, 0.15) is 5.56 Å². The van der Waals surface area contributed by atoms with Gasteiger partial charge >= 0.3 is 0 Å². The van der Waals surface area contributed by atoms with Gasteiger partial charge in [0.05, 0.1) is 4.90 Å². The van der Waals surface area contributed by atoms with Gasteiger partial charge in [-0.05, 0) is 29.8 Å². The molecule has 2 aromatic carbocycles. The van der Waals surface area contributed by atoms with Crippen LogP contribution in [0.4, 0.5) is 0 Å². The Hall–Kier alpha value is -1.40. The third-order valence-electron chi connectivity index (χ3n) is 4.97. The predicted octanol–water partition coefficient (Wildman–Crippen LogP) is 2.84. The third-order valence-corrected chi connectivity index (χ3v) is 7.05. The van der Waals surface area contributed by atoms with Crippen LogP contribution in [0.5, 0.6) is 0 Å². The van der Waals surface area contributed by atoms with E-state index in [0.29, 0.717) is 29.9 Å². The Bertz CT molecular complexity index is 841. The molecule has 126 valence electrons. The summed E-state index contributed by atoms with van der Waals surface area (Å²) in [4.78, 5) is 2.73. The Morgan fingerprint density at radius 3 is 2.54 bits per heavy atom. The number of halogens is 1. The van der Waals surface area contributed by atoms with E-state index in [0.717, 1.165) is 18.1 Å². The fraction of sp³-hybridized carbons (Fsp3) is 0.333. The molecule has 0 bridgehead atoms. The second-order valence-electron chi connectivity index (χ2n) is 6.52. The highest BCUT2D eigenvalue weighted by atomic mass is 35.5.